The van der Waals surface area contributed by atoms with E-state index in [0.29, 0.717) is 12.6 Å². The van der Waals surface area contributed by atoms with Crippen molar-refractivity contribution in [2.75, 3.05) is 30.5 Å². The summed E-state index contributed by atoms with van der Waals surface area (Å²) in [4.78, 5) is 10.6. The number of rotatable bonds is 5. The first kappa shape index (κ1) is 14.8. The van der Waals surface area contributed by atoms with Crippen LogP contribution in [0.15, 0.2) is 23.0 Å². The quantitative estimate of drug-likeness (QED) is 0.905. The van der Waals surface area contributed by atoms with Gasteiger partial charge in [-0.25, -0.2) is 9.97 Å². The number of hydrogen-bond donors (Lipinski definition) is 1. The smallest absolute Gasteiger partial charge is 0.134 e. The van der Waals surface area contributed by atoms with Crippen molar-refractivity contribution in [3.8, 4) is 0 Å². The van der Waals surface area contributed by atoms with E-state index >= 15 is 0 Å². The number of ether oxygens (including phenoxy) is 1. The molecule has 2 aromatic heterocycles. The number of nitrogens with one attached hydrogen (secondary N) is 1. The maximum atomic E-state index is 5.48. The van der Waals surface area contributed by atoms with Crippen LogP contribution in [0.4, 0.5) is 11.6 Å². The zero-order valence-corrected chi connectivity index (χ0v) is 13.0. The van der Waals surface area contributed by atoms with Gasteiger partial charge in [0, 0.05) is 25.8 Å². The molecule has 7 heteroatoms. The van der Waals surface area contributed by atoms with Gasteiger partial charge in [-0.3, -0.25) is 0 Å². The van der Waals surface area contributed by atoms with Crippen molar-refractivity contribution in [1.82, 2.24) is 15.1 Å². The summed E-state index contributed by atoms with van der Waals surface area (Å²) in [5.74, 6) is 2.48. The molecule has 22 heavy (non-hydrogen) atoms. The fraction of sp³-hybridized carbons (Fsp3) is 0.533. The van der Waals surface area contributed by atoms with E-state index in [1.54, 1.807) is 6.33 Å². The highest BCUT2D eigenvalue weighted by atomic mass is 16.5. The normalized spacial score (nSPS) is 18.2. The summed E-state index contributed by atoms with van der Waals surface area (Å²) in [6.07, 6.45) is 3.76. The molecule has 0 aliphatic carbocycles. The summed E-state index contributed by atoms with van der Waals surface area (Å²) in [5.41, 5.74) is 0.883. The van der Waals surface area contributed by atoms with Gasteiger partial charge in [-0.1, -0.05) is 5.16 Å². The molecular formula is C15H21N5O2. The van der Waals surface area contributed by atoms with Crippen LogP contribution in [0.1, 0.15) is 24.3 Å². The summed E-state index contributed by atoms with van der Waals surface area (Å²) in [6, 6.07) is 4.19. The van der Waals surface area contributed by atoms with Gasteiger partial charge in [0.2, 0.25) is 0 Å². The van der Waals surface area contributed by atoms with Crippen molar-refractivity contribution >= 4 is 11.6 Å². The molecule has 1 aliphatic heterocycles. The van der Waals surface area contributed by atoms with Crippen LogP contribution in [0.2, 0.25) is 0 Å². The van der Waals surface area contributed by atoms with E-state index in [9.17, 15) is 0 Å². The lowest BCUT2D eigenvalue weighted by Crippen LogP contribution is -2.30. The van der Waals surface area contributed by atoms with Crippen LogP contribution in [0.3, 0.4) is 0 Å². The summed E-state index contributed by atoms with van der Waals surface area (Å²) in [6.45, 7) is 4.11. The Labute approximate surface area is 129 Å². The topological polar surface area (TPSA) is 76.3 Å². The van der Waals surface area contributed by atoms with Crippen molar-refractivity contribution in [3.05, 3.63) is 29.9 Å². The van der Waals surface area contributed by atoms with Crippen LogP contribution in [-0.4, -0.2) is 41.4 Å². The van der Waals surface area contributed by atoms with Crippen molar-refractivity contribution in [3.63, 3.8) is 0 Å². The molecule has 1 saturated heterocycles. The fourth-order valence-electron chi connectivity index (χ4n) is 2.51. The molecule has 0 bridgehead atoms. The van der Waals surface area contributed by atoms with Gasteiger partial charge >= 0.3 is 0 Å². The molecule has 3 rings (SSSR count). The lowest BCUT2D eigenvalue weighted by Gasteiger charge is -2.24. The molecular weight excluding hydrogens is 282 g/mol. The second-order valence-electron chi connectivity index (χ2n) is 5.60. The first-order chi connectivity index (χ1) is 10.7. The van der Waals surface area contributed by atoms with Gasteiger partial charge in [-0.05, 0) is 19.8 Å². The average molecular weight is 303 g/mol. The van der Waals surface area contributed by atoms with E-state index in [1.165, 1.54) is 0 Å². The molecule has 118 valence electrons. The van der Waals surface area contributed by atoms with E-state index in [0.717, 1.165) is 49.1 Å². The number of aromatic nitrogens is 3. The van der Waals surface area contributed by atoms with Crippen LogP contribution in [0.25, 0.3) is 0 Å². The average Bonchev–Trinajstić information content (AvgIpc) is 2.93. The van der Waals surface area contributed by atoms with E-state index in [2.05, 4.69) is 20.4 Å². The Morgan fingerprint density at radius 2 is 2.27 bits per heavy atom. The molecule has 1 fully saturated rings. The predicted octanol–water partition coefficient (Wildman–Crippen LogP) is 2.00. The van der Waals surface area contributed by atoms with Gasteiger partial charge in [-0.15, -0.1) is 0 Å². The maximum Gasteiger partial charge on any atom is 0.134 e. The first-order valence-corrected chi connectivity index (χ1v) is 7.50. The zero-order valence-electron chi connectivity index (χ0n) is 13.0. The van der Waals surface area contributed by atoms with Gasteiger partial charge in [-0.2, -0.15) is 0 Å². The molecule has 7 nitrogen and oxygen atoms in total. The second kappa shape index (κ2) is 6.74. The highest BCUT2D eigenvalue weighted by Crippen LogP contribution is 2.18. The van der Waals surface area contributed by atoms with Gasteiger partial charge < -0.3 is 19.5 Å². The summed E-state index contributed by atoms with van der Waals surface area (Å²) < 4.78 is 10.6. The predicted molar refractivity (Wildman–Crippen MR) is 82.8 cm³/mol. The molecule has 0 radical (unpaired) electrons. The SMILES string of the molecule is Cc1cc(CN(C)c2cc(N[C@@H]3CCCOC3)ncn2)no1. The van der Waals surface area contributed by atoms with E-state index in [-0.39, 0.29) is 0 Å². The highest BCUT2D eigenvalue weighted by molar-refractivity contribution is 5.48. The summed E-state index contributed by atoms with van der Waals surface area (Å²) >= 11 is 0. The Balaban J connectivity index is 1.64. The Bertz CT molecular complexity index is 609. The Hall–Kier alpha value is -2.15. The maximum absolute atomic E-state index is 5.48. The third-order valence-electron chi connectivity index (χ3n) is 3.63. The van der Waals surface area contributed by atoms with Crippen LogP contribution in [0, 0.1) is 6.92 Å². The van der Waals surface area contributed by atoms with Crippen molar-refractivity contribution in [2.24, 2.45) is 0 Å². The lowest BCUT2D eigenvalue weighted by molar-refractivity contribution is 0.0875. The van der Waals surface area contributed by atoms with Crippen molar-refractivity contribution in [1.29, 1.82) is 0 Å². The third-order valence-corrected chi connectivity index (χ3v) is 3.63. The van der Waals surface area contributed by atoms with Crippen LogP contribution in [-0.2, 0) is 11.3 Å². The minimum atomic E-state index is 0.319. The standard InChI is InChI=1S/C15H21N5O2/c1-11-6-13(19-22-11)8-20(2)15-7-14(16-10-17-15)18-12-4-3-5-21-9-12/h6-7,10,12H,3-5,8-9H2,1-2H3,(H,16,17,18)/t12-/m1/s1. The summed E-state index contributed by atoms with van der Waals surface area (Å²) in [7, 11) is 1.97. The number of hydrogen-bond acceptors (Lipinski definition) is 7. The Kier molecular flexibility index (Phi) is 4.53. The van der Waals surface area contributed by atoms with Gasteiger partial charge in [0.05, 0.1) is 19.2 Å². The van der Waals surface area contributed by atoms with E-state index in [1.807, 2.05) is 31.0 Å². The molecule has 0 spiro atoms. The first-order valence-electron chi connectivity index (χ1n) is 7.50. The molecule has 0 amide bonds. The molecule has 3 heterocycles. The number of anilines is 2. The van der Waals surface area contributed by atoms with Gasteiger partial charge in [0.1, 0.15) is 29.4 Å². The largest absolute Gasteiger partial charge is 0.379 e. The molecule has 1 atom stereocenters. The molecule has 1 aliphatic rings. The van der Waals surface area contributed by atoms with Crippen LogP contribution >= 0.6 is 0 Å². The zero-order chi connectivity index (χ0) is 15.4. The summed E-state index contributed by atoms with van der Waals surface area (Å²) in [5, 5.41) is 7.41. The molecule has 0 unspecified atom stereocenters. The van der Waals surface area contributed by atoms with Crippen molar-refractivity contribution in [2.45, 2.75) is 32.4 Å². The second-order valence-corrected chi connectivity index (χ2v) is 5.60. The Morgan fingerprint density at radius 3 is 3.00 bits per heavy atom. The van der Waals surface area contributed by atoms with E-state index < -0.39 is 0 Å². The third kappa shape index (κ3) is 3.73. The Morgan fingerprint density at radius 1 is 1.36 bits per heavy atom. The van der Waals surface area contributed by atoms with Gasteiger partial charge in [0.15, 0.2) is 0 Å². The number of aryl methyl sites for hydroxylation is 1. The molecule has 0 saturated carbocycles. The van der Waals surface area contributed by atoms with Gasteiger partial charge in [0.25, 0.3) is 0 Å². The molecule has 0 aromatic carbocycles. The van der Waals surface area contributed by atoms with Crippen LogP contribution in [0.5, 0.6) is 0 Å². The van der Waals surface area contributed by atoms with Crippen molar-refractivity contribution < 1.29 is 9.26 Å². The molecule has 2 aromatic rings. The highest BCUT2D eigenvalue weighted by Gasteiger charge is 2.15. The monoisotopic (exact) mass is 303 g/mol. The molecule has 1 N–H and O–H groups in total. The van der Waals surface area contributed by atoms with Crippen LogP contribution < -0.4 is 10.2 Å². The number of nitrogens with zero attached hydrogens (tertiary/aromatic N) is 4. The minimum absolute atomic E-state index is 0.319. The minimum Gasteiger partial charge on any atom is -0.379 e. The fourth-order valence-corrected chi connectivity index (χ4v) is 2.51. The lowest BCUT2D eigenvalue weighted by atomic mass is 10.1. The van der Waals surface area contributed by atoms with E-state index in [4.69, 9.17) is 9.26 Å².